The molecule has 2 aromatic carbocycles. The van der Waals surface area contributed by atoms with Crippen molar-refractivity contribution in [2.45, 2.75) is 32.9 Å². The van der Waals surface area contributed by atoms with Gasteiger partial charge in [-0.05, 0) is 38.0 Å². The number of amides is 1. The van der Waals surface area contributed by atoms with Gasteiger partial charge in [-0.2, -0.15) is 0 Å². The Labute approximate surface area is 187 Å². The number of hydrogen-bond donors (Lipinski definition) is 0. The zero-order valence-electron chi connectivity index (χ0n) is 18.2. The maximum Gasteiger partial charge on any atom is 0.276 e. The molecule has 1 saturated heterocycles. The highest BCUT2D eigenvalue weighted by Gasteiger charge is 2.36. The molecule has 0 N–H and O–H groups in total. The average molecular weight is 455 g/mol. The number of rotatable bonds is 7. The van der Waals surface area contributed by atoms with E-state index in [0.29, 0.717) is 18.8 Å². The van der Waals surface area contributed by atoms with E-state index in [-0.39, 0.29) is 29.7 Å². The maximum absolute atomic E-state index is 13.4. The number of hydrogen-bond acceptors (Lipinski definition) is 6. The van der Waals surface area contributed by atoms with Crippen LogP contribution in [-0.4, -0.2) is 48.5 Å². The van der Waals surface area contributed by atoms with Crippen LogP contribution in [0.3, 0.4) is 0 Å². The summed E-state index contributed by atoms with van der Waals surface area (Å²) in [6, 6.07) is 16.4. The van der Waals surface area contributed by atoms with Crippen LogP contribution in [-0.2, 0) is 16.4 Å². The highest BCUT2D eigenvalue weighted by molar-refractivity contribution is 7.91. The number of aromatic nitrogens is 1. The Balaban J connectivity index is 1.59. The minimum Gasteiger partial charge on any atom is -0.494 e. The zero-order valence-corrected chi connectivity index (χ0v) is 19.0. The van der Waals surface area contributed by atoms with Crippen LogP contribution < -0.4 is 4.74 Å². The van der Waals surface area contributed by atoms with Gasteiger partial charge in [0.25, 0.3) is 5.91 Å². The molecule has 0 aliphatic carbocycles. The van der Waals surface area contributed by atoms with E-state index >= 15 is 0 Å². The summed E-state index contributed by atoms with van der Waals surface area (Å²) in [7, 11) is -3.16. The first-order chi connectivity index (χ1) is 15.3. The third-order valence-electron chi connectivity index (χ3n) is 5.56. The van der Waals surface area contributed by atoms with E-state index in [4.69, 9.17) is 9.26 Å². The summed E-state index contributed by atoms with van der Waals surface area (Å²) >= 11 is 0. The van der Waals surface area contributed by atoms with Crippen molar-refractivity contribution in [1.29, 1.82) is 0 Å². The van der Waals surface area contributed by atoms with E-state index in [1.54, 1.807) is 11.0 Å². The summed E-state index contributed by atoms with van der Waals surface area (Å²) in [5, 5.41) is 3.99. The van der Waals surface area contributed by atoms with Gasteiger partial charge in [0, 0.05) is 24.2 Å². The Morgan fingerprint density at radius 1 is 1.16 bits per heavy atom. The number of nitrogens with zero attached hydrogens (tertiary/aromatic N) is 2. The second-order valence-corrected chi connectivity index (χ2v) is 10.2. The molecule has 4 rings (SSSR count). The summed E-state index contributed by atoms with van der Waals surface area (Å²) < 4.78 is 35.1. The van der Waals surface area contributed by atoms with Gasteiger partial charge in [0.2, 0.25) is 0 Å². The van der Waals surface area contributed by atoms with Crippen LogP contribution in [0.15, 0.2) is 59.1 Å². The molecule has 3 aromatic rings. The Bertz CT molecular complexity index is 1180. The lowest BCUT2D eigenvalue weighted by Gasteiger charge is -2.27. The van der Waals surface area contributed by atoms with Crippen molar-refractivity contribution in [3.8, 4) is 17.1 Å². The molecule has 1 fully saturated rings. The molecule has 8 heteroatoms. The number of benzene rings is 2. The van der Waals surface area contributed by atoms with E-state index in [1.807, 2.05) is 62.4 Å². The third-order valence-corrected chi connectivity index (χ3v) is 7.31. The van der Waals surface area contributed by atoms with Crippen molar-refractivity contribution in [1.82, 2.24) is 10.1 Å². The van der Waals surface area contributed by atoms with Gasteiger partial charge in [0.05, 0.1) is 18.1 Å². The fourth-order valence-corrected chi connectivity index (χ4v) is 5.55. The standard InChI is InChI=1S/C24H26N2O5S/c1-3-30-21-10-6-18(7-11-21)15-26(20-12-13-32(28,29)16-20)24(27)22-14-23(31-25-22)19-8-4-17(2)5-9-19/h4-11,14,20H,3,12-13,15-16H2,1-2H3. The topological polar surface area (TPSA) is 89.7 Å². The molecule has 0 radical (unpaired) electrons. The summed E-state index contributed by atoms with van der Waals surface area (Å²) in [4.78, 5) is 15.0. The molecule has 1 atom stereocenters. The molecule has 1 amide bonds. The first-order valence-corrected chi connectivity index (χ1v) is 12.4. The van der Waals surface area contributed by atoms with Crippen LogP contribution in [0, 0.1) is 6.92 Å². The molecule has 7 nitrogen and oxygen atoms in total. The SMILES string of the molecule is CCOc1ccc(CN(C(=O)c2cc(-c3ccc(C)cc3)on2)C2CCS(=O)(=O)C2)cc1. The summed E-state index contributed by atoms with van der Waals surface area (Å²) in [6.45, 7) is 4.75. The molecule has 0 saturated carbocycles. The molecule has 0 bridgehead atoms. The summed E-state index contributed by atoms with van der Waals surface area (Å²) in [6.07, 6.45) is 0.410. The van der Waals surface area contributed by atoms with Gasteiger partial charge in [-0.25, -0.2) is 8.42 Å². The molecule has 32 heavy (non-hydrogen) atoms. The van der Waals surface area contributed by atoms with Crippen molar-refractivity contribution >= 4 is 15.7 Å². The zero-order chi connectivity index (χ0) is 22.7. The van der Waals surface area contributed by atoms with Crippen molar-refractivity contribution < 1.29 is 22.5 Å². The lowest BCUT2D eigenvalue weighted by atomic mass is 10.1. The van der Waals surface area contributed by atoms with Gasteiger partial charge < -0.3 is 14.2 Å². The predicted octanol–water partition coefficient (Wildman–Crippen LogP) is 3.88. The van der Waals surface area contributed by atoms with Gasteiger partial charge in [-0.3, -0.25) is 4.79 Å². The molecule has 2 heterocycles. The summed E-state index contributed by atoms with van der Waals surface area (Å²) in [5.74, 6) is 0.935. The highest BCUT2D eigenvalue weighted by atomic mass is 32.2. The normalized spacial score (nSPS) is 17.2. The van der Waals surface area contributed by atoms with Crippen LogP contribution in [0.2, 0.25) is 0 Å². The van der Waals surface area contributed by atoms with E-state index in [0.717, 1.165) is 22.4 Å². The Hall–Kier alpha value is -3.13. The predicted molar refractivity (Wildman–Crippen MR) is 121 cm³/mol. The van der Waals surface area contributed by atoms with Gasteiger partial charge in [-0.1, -0.05) is 47.1 Å². The Kier molecular flexibility index (Phi) is 6.32. The highest BCUT2D eigenvalue weighted by Crippen LogP contribution is 2.26. The van der Waals surface area contributed by atoms with E-state index in [9.17, 15) is 13.2 Å². The molecule has 0 spiro atoms. The van der Waals surface area contributed by atoms with Crippen molar-refractivity contribution in [2.24, 2.45) is 0 Å². The van der Waals surface area contributed by atoms with Crippen LogP contribution in [0.1, 0.15) is 35.0 Å². The molecular formula is C24H26N2O5S. The van der Waals surface area contributed by atoms with E-state index in [2.05, 4.69) is 5.16 Å². The molecule has 1 aliphatic rings. The average Bonchev–Trinajstić information content (AvgIpc) is 3.40. The first-order valence-electron chi connectivity index (χ1n) is 10.6. The number of carbonyl (C=O) groups excluding carboxylic acids is 1. The molecule has 1 aliphatic heterocycles. The van der Waals surface area contributed by atoms with Crippen LogP contribution in [0.5, 0.6) is 5.75 Å². The molecule has 168 valence electrons. The number of carbonyl (C=O) groups is 1. The van der Waals surface area contributed by atoms with Gasteiger partial charge in [0.15, 0.2) is 21.3 Å². The third kappa shape index (κ3) is 5.02. The van der Waals surface area contributed by atoms with Gasteiger partial charge >= 0.3 is 0 Å². The lowest BCUT2D eigenvalue weighted by molar-refractivity contribution is 0.0670. The molecular weight excluding hydrogens is 428 g/mol. The van der Waals surface area contributed by atoms with E-state index < -0.39 is 15.9 Å². The van der Waals surface area contributed by atoms with Crippen LogP contribution in [0.25, 0.3) is 11.3 Å². The van der Waals surface area contributed by atoms with Crippen molar-refractivity contribution in [3.05, 3.63) is 71.4 Å². The Morgan fingerprint density at radius 3 is 2.50 bits per heavy atom. The minimum absolute atomic E-state index is 0.0432. The smallest absolute Gasteiger partial charge is 0.276 e. The second kappa shape index (κ2) is 9.16. The minimum atomic E-state index is -3.16. The van der Waals surface area contributed by atoms with Crippen molar-refractivity contribution in [2.75, 3.05) is 18.1 Å². The lowest BCUT2D eigenvalue weighted by Crippen LogP contribution is -2.40. The quantitative estimate of drug-likeness (QED) is 0.538. The van der Waals surface area contributed by atoms with Gasteiger partial charge in [0.1, 0.15) is 5.75 Å². The van der Waals surface area contributed by atoms with Crippen molar-refractivity contribution in [3.63, 3.8) is 0 Å². The summed E-state index contributed by atoms with van der Waals surface area (Å²) in [5.41, 5.74) is 2.99. The monoisotopic (exact) mass is 454 g/mol. The maximum atomic E-state index is 13.4. The van der Waals surface area contributed by atoms with E-state index in [1.165, 1.54) is 0 Å². The largest absolute Gasteiger partial charge is 0.494 e. The molecule has 1 unspecified atom stereocenters. The first kappa shape index (κ1) is 22.1. The fraction of sp³-hybridized carbons (Fsp3) is 0.333. The van der Waals surface area contributed by atoms with Gasteiger partial charge in [-0.15, -0.1) is 0 Å². The Morgan fingerprint density at radius 2 is 1.88 bits per heavy atom. The number of ether oxygens (including phenoxy) is 1. The number of sulfone groups is 1. The number of aryl methyl sites for hydroxylation is 1. The van der Waals surface area contributed by atoms with Crippen LogP contribution in [0.4, 0.5) is 0 Å². The second-order valence-electron chi connectivity index (χ2n) is 8.01. The fourth-order valence-electron chi connectivity index (χ4n) is 3.82. The molecule has 1 aromatic heterocycles. The van der Waals surface area contributed by atoms with Crippen LogP contribution >= 0.6 is 0 Å².